The van der Waals surface area contributed by atoms with Crippen molar-refractivity contribution in [1.82, 2.24) is 9.62 Å². The number of sulfonamides is 1. The van der Waals surface area contributed by atoms with E-state index in [1.807, 2.05) is 0 Å². The van der Waals surface area contributed by atoms with Crippen molar-refractivity contribution >= 4 is 15.9 Å². The highest BCUT2D eigenvalue weighted by atomic mass is 32.2. The Labute approximate surface area is 112 Å². The molecule has 1 aliphatic rings. The molecule has 7 heteroatoms. The highest BCUT2D eigenvalue weighted by molar-refractivity contribution is 7.89. The molecule has 104 valence electrons. The Kier molecular flexibility index (Phi) is 4.18. The predicted molar refractivity (Wildman–Crippen MR) is 70.7 cm³/mol. The molecule has 0 unspecified atom stereocenters. The Morgan fingerprint density at radius 3 is 2.84 bits per heavy atom. The van der Waals surface area contributed by atoms with E-state index >= 15 is 0 Å². The summed E-state index contributed by atoms with van der Waals surface area (Å²) in [6.45, 7) is 1.14. The van der Waals surface area contributed by atoms with Crippen molar-refractivity contribution in [3.63, 3.8) is 0 Å². The number of benzene rings is 1. The molecule has 0 radical (unpaired) electrons. The van der Waals surface area contributed by atoms with Gasteiger partial charge in [-0.2, -0.15) is 4.31 Å². The van der Waals surface area contributed by atoms with Gasteiger partial charge in [0, 0.05) is 32.6 Å². The molecule has 0 saturated carbocycles. The number of nitrogens with two attached hydrogens (primary N) is 1. The second kappa shape index (κ2) is 5.68. The van der Waals surface area contributed by atoms with Gasteiger partial charge in [-0.25, -0.2) is 8.42 Å². The van der Waals surface area contributed by atoms with Crippen LogP contribution >= 0.6 is 0 Å². The molecule has 1 fully saturated rings. The number of carbonyl (C=O) groups excluding carboxylic acids is 1. The Morgan fingerprint density at radius 2 is 2.11 bits per heavy atom. The van der Waals surface area contributed by atoms with Gasteiger partial charge < -0.3 is 11.1 Å². The second-order valence-electron chi connectivity index (χ2n) is 4.36. The van der Waals surface area contributed by atoms with E-state index in [-0.39, 0.29) is 23.8 Å². The van der Waals surface area contributed by atoms with Crippen LogP contribution in [0.4, 0.5) is 0 Å². The number of hydrogen-bond donors (Lipinski definition) is 2. The lowest BCUT2D eigenvalue weighted by atomic mass is 10.2. The Hall–Kier alpha value is -1.44. The van der Waals surface area contributed by atoms with E-state index in [0.717, 1.165) is 5.56 Å². The van der Waals surface area contributed by atoms with Crippen molar-refractivity contribution in [2.24, 2.45) is 5.73 Å². The summed E-state index contributed by atoms with van der Waals surface area (Å²) >= 11 is 0. The molecule has 2 rings (SSSR count). The SMILES string of the molecule is NCc1cccc(S(=O)(=O)N2CCNC(=O)CC2)c1. The van der Waals surface area contributed by atoms with E-state index < -0.39 is 10.0 Å². The van der Waals surface area contributed by atoms with Crippen LogP contribution in [0.5, 0.6) is 0 Å². The van der Waals surface area contributed by atoms with Crippen LogP contribution in [0.1, 0.15) is 12.0 Å². The summed E-state index contributed by atoms with van der Waals surface area (Å²) in [7, 11) is -3.56. The summed E-state index contributed by atoms with van der Waals surface area (Å²) < 4.78 is 26.3. The zero-order valence-corrected chi connectivity index (χ0v) is 11.3. The van der Waals surface area contributed by atoms with Gasteiger partial charge in [0.2, 0.25) is 15.9 Å². The van der Waals surface area contributed by atoms with E-state index in [2.05, 4.69) is 5.32 Å². The van der Waals surface area contributed by atoms with Gasteiger partial charge in [-0.1, -0.05) is 12.1 Å². The van der Waals surface area contributed by atoms with E-state index in [4.69, 9.17) is 5.73 Å². The standard InChI is InChI=1S/C12H17N3O3S/c13-9-10-2-1-3-11(8-10)19(17,18)15-6-4-12(16)14-5-7-15/h1-3,8H,4-7,9,13H2,(H,14,16). The molecular formula is C12H17N3O3S. The third-order valence-electron chi connectivity index (χ3n) is 3.04. The molecule has 6 nitrogen and oxygen atoms in total. The lowest BCUT2D eigenvalue weighted by molar-refractivity contribution is -0.120. The largest absolute Gasteiger partial charge is 0.355 e. The third kappa shape index (κ3) is 3.12. The number of rotatable bonds is 3. The van der Waals surface area contributed by atoms with Gasteiger partial charge in [-0.05, 0) is 17.7 Å². The summed E-state index contributed by atoms with van der Waals surface area (Å²) in [5.41, 5.74) is 6.29. The molecular weight excluding hydrogens is 266 g/mol. The molecule has 19 heavy (non-hydrogen) atoms. The van der Waals surface area contributed by atoms with Crippen molar-refractivity contribution in [3.8, 4) is 0 Å². The van der Waals surface area contributed by atoms with Crippen LogP contribution in [0, 0.1) is 0 Å². The molecule has 0 atom stereocenters. The monoisotopic (exact) mass is 283 g/mol. The molecule has 1 aromatic rings. The second-order valence-corrected chi connectivity index (χ2v) is 6.29. The van der Waals surface area contributed by atoms with Crippen molar-refractivity contribution in [2.75, 3.05) is 19.6 Å². The van der Waals surface area contributed by atoms with Crippen molar-refractivity contribution in [1.29, 1.82) is 0 Å². The van der Waals surface area contributed by atoms with Crippen LogP contribution in [0.15, 0.2) is 29.2 Å². The van der Waals surface area contributed by atoms with Crippen molar-refractivity contribution < 1.29 is 13.2 Å². The van der Waals surface area contributed by atoms with Gasteiger partial charge in [0.25, 0.3) is 0 Å². The summed E-state index contributed by atoms with van der Waals surface area (Å²) in [6.07, 6.45) is 0.190. The summed E-state index contributed by atoms with van der Waals surface area (Å²) in [5, 5.41) is 2.66. The number of nitrogens with one attached hydrogen (secondary N) is 1. The molecule has 0 spiro atoms. The first-order chi connectivity index (χ1) is 9.04. The van der Waals surface area contributed by atoms with Crippen LogP contribution in [-0.4, -0.2) is 38.3 Å². The molecule has 1 aromatic carbocycles. The van der Waals surface area contributed by atoms with Crippen LogP contribution in [0.2, 0.25) is 0 Å². The summed E-state index contributed by atoms with van der Waals surface area (Å²) in [6, 6.07) is 6.59. The maximum atomic E-state index is 12.5. The van der Waals surface area contributed by atoms with Gasteiger partial charge in [-0.3, -0.25) is 4.79 Å². The number of carbonyl (C=O) groups is 1. The molecule has 3 N–H and O–H groups in total. The molecule has 0 aromatic heterocycles. The number of hydrogen-bond acceptors (Lipinski definition) is 4. The fourth-order valence-corrected chi connectivity index (χ4v) is 3.48. The van der Waals surface area contributed by atoms with Gasteiger partial charge in [-0.15, -0.1) is 0 Å². The fraction of sp³-hybridized carbons (Fsp3) is 0.417. The average molecular weight is 283 g/mol. The lowest BCUT2D eigenvalue weighted by Gasteiger charge is -2.19. The zero-order valence-electron chi connectivity index (χ0n) is 10.5. The van der Waals surface area contributed by atoms with Crippen LogP contribution in [0.3, 0.4) is 0 Å². The maximum Gasteiger partial charge on any atom is 0.243 e. The molecule has 1 amide bonds. The third-order valence-corrected chi connectivity index (χ3v) is 4.94. The number of amides is 1. The normalized spacial score (nSPS) is 17.8. The van der Waals surface area contributed by atoms with Gasteiger partial charge in [0.1, 0.15) is 0 Å². The number of nitrogens with zero attached hydrogens (tertiary/aromatic N) is 1. The van der Waals surface area contributed by atoms with E-state index in [1.165, 1.54) is 4.31 Å². The molecule has 1 aliphatic heterocycles. The Balaban J connectivity index is 2.27. The first-order valence-corrected chi connectivity index (χ1v) is 7.54. The quantitative estimate of drug-likeness (QED) is 0.793. The summed E-state index contributed by atoms with van der Waals surface area (Å²) in [5.74, 6) is -0.117. The predicted octanol–water partition coefficient (Wildman–Crippen LogP) is -0.344. The van der Waals surface area contributed by atoms with Crippen LogP contribution in [-0.2, 0) is 21.4 Å². The summed E-state index contributed by atoms with van der Waals surface area (Å²) in [4.78, 5) is 11.5. The fourth-order valence-electron chi connectivity index (χ4n) is 1.97. The van der Waals surface area contributed by atoms with Gasteiger partial charge in [0.05, 0.1) is 4.90 Å². The highest BCUT2D eigenvalue weighted by Gasteiger charge is 2.26. The molecule has 0 bridgehead atoms. The van der Waals surface area contributed by atoms with Crippen molar-refractivity contribution in [3.05, 3.63) is 29.8 Å². The topological polar surface area (TPSA) is 92.5 Å². The van der Waals surface area contributed by atoms with Gasteiger partial charge in [0.15, 0.2) is 0 Å². The van der Waals surface area contributed by atoms with E-state index in [9.17, 15) is 13.2 Å². The molecule has 1 heterocycles. The Bertz CT molecular complexity index is 571. The molecule has 1 saturated heterocycles. The lowest BCUT2D eigenvalue weighted by Crippen LogP contribution is -2.34. The van der Waals surface area contributed by atoms with E-state index in [0.29, 0.717) is 19.6 Å². The van der Waals surface area contributed by atoms with Crippen LogP contribution < -0.4 is 11.1 Å². The average Bonchev–Trinajstić information content (AvgIpc) is 2.64. The van der Waals surface area contributed by atoms with Gasteiger partial charge >= 0.3 is 0 Å². The van der Waals surface area contributed by atoms with Crippen molar-refractivity contribution in [2.45, 2.75) is 17.9 Å². The van der Waals surface area contributed by atoms with Crippen LogP contribution in [0.25, 0.3) is 0 Å². The molecule has 0 aliphatic carbocycles. The first kappa shape index (κ1) is 14.0. The minimum atomic E-state index is -3.56. The Morgan fingerprint density at radius 1 is 1.32 bits per heavy atom. The van der Waals surface area contributed by atoms with E-state index in [1.54, 1.807) is 24.3 Å². The zero-order chi connectivity index (χ0) is 13.9. The first-order valence-electron chi connectivity index (χ1n) is 6.10. The highest BCUT2D eigenvalue weighted by Crippen LogP contribution is 2.17. The maximum absolute atomic E-state index is 12.5. The smallest absolute Gasteiger partial charge is 0.243 e. The minimum absolute atomic E-state index is 0.117. The minimum Gasteiger partial charge on any atom is -0.355 e.